The fourth-order valence-electron chi connectivity index (χ4n) is 2.31. The number of rotatable bonds is 6. The highest BCUT2D eigenvalue weighted by Crippen LogP contribution is 2.28. The van der Waals surface area contributed by atoms with Crippen molar-refractivity contribution in [1.29, 1.82) is 0 Å². The van der Waals surface area contributed by atoms with E-state index in [1.54, 1.807) is 25.3 Å². The van der Waals surface area contributed by atoms with E-state index in [2.05, 4.69) is 10.6 Å². The Labute approximate surface area is 129 Å². The molecule has 1 aliphatic rings. The Morgan fingerprint density at radius 1 is 1.32 bits per heavy atom. The van der Waals surface area contributed by atoms with Crippen molar-refractivity contribution >= 4 is 21.4 Å². The van der Waals surface area contributed by atoms with Gasteiger partial charge in [-0.05, 0) is 18.6 Å². The van der Waals surface area contributed by atoms with E-state index in [0.717, 1.165) is 0 Å². The van der Waals surface area contributed by atoms with Gasteiger partial charge in [0.2, 0.25) is 5.91 Å². The normalized spacial score (nSPS) is 19.5. The summed E-state index contributed by atoms with van der Waals surface area (Å²) < 4.78 is 33.0. The lowest BCUT2D eigenvalue weighted by molar-refractivity contribution is -0.119. The van der Waals surface area contributed by atoms with E-state index in [4.69, 9.17) is 9.47 Å². The number of methoxy groups -OCH3 is 2. The van der Waals surface area contributed by atoms with Crippen molar-refractivity contribution < 1.29 is 22.7 Å². The van der Waals surface area contributed by atoms with Gasteiger partial charge in [0.05, 0.1) is 38.0 Å². The number of amides is 1. The molecule has 1 aromatic rings. The number of anilines is 1. The van der Waals surface area contributed by atoms with Crippen molar-refractivity contribution in [2.45, 2.75) is 12.5 Å². The van der Waals surface area contributed by atoms with Gasteiger partial charge >= 0.3 is 0 Å². The van der Waals surface area contributed by atoms with Crippen molar-refractivity contribution in [2.24, 2.45) is 0 Å². The van der Waals surface area contributed by atoms with Crippen LogP contribution in [0.2, 0.25) is 0 Å². The third-order valence-corrected chi connectivity index (χ3v) is 5.21. The number of benzene rings is 1. The molecule has 1 aliphatic heterocycles. The lowest BCUT2D eigenvalue weighted by Gasteiger charge is -2.14. The first-order valence-electron chi connectivity index (χ1n) is 6.89. The molecule has 1 atom stereocenters. The van der Waals surface area contributed by atoms with Gasteiger partial charge in [0.25, 0.3) is 0 Å². The fraction of sp³-hybridized carbons (Fsp3) is 0.500. The van der Waals surface area contributed by atoms with Crippen LogP contribution in [0.5, 0.6) is 11.5 Å². The maximum atomic E-state index is 11.9. The summed E-state index contributed by atoms with van der Waals surface area (Å²) in [5.74, 6) is 1.13. The van der Waals surface area contributed by atoms with E-state index in [1.807, 2.05) is 0 Å². The maximum absolute atomic E-state index is 11.9. The molecule has 1 saturated heterocycles. The monoisotopic (exact) mass is 328 g/mol. The summed E-state index contributed by atoms with van der Waals surface area (Å²) in [6.07, 6.45) is 0.472. The first kappa shape index (κ1) is 16.4. The number of hydrogen-bond acceptors (Lipinski definition) is 6. The summed E-state index contributed by atoms with van der Waals surface area (Å²) in [6, 6.07) is 4.93. The first-order chi connectivity index (χ1) is 10.4. The molecule has 0 aromatic heterocycles. The summed E-state index contributed by atoms with van der Waals surface area (Å²) in [5.41, 5.74) is 0.664. The van der Waals surface area contributed by atoms with Crippen molar-refractivity contribution in [2.75, 3.05) is 37.6 Å². The Hall–Kier alpha value is -1.96. The van der Waals surface area contributed by atoms with Gasteiger partial charge in [-0.15, -0.1) is 0 Å². The van der Waals surface area contributed by atoms with Crippen LogP contribution in [-0.2, 0) is 14.6 Å². The largest absolute Gasteiger partial charge is 0.497 e. The van der Waals surface area contributed by atoms with Crippen LogP contribution < -0.4 is 20.1 Å². The molecule has 1 aromatic carbocycles. The van der Waals surface area contributed by atoms with Crippen molar-refractivity contribution in [3.8, 4) is 11.5 Å². The zero-order chi connectivity index (χ0) is 16.2. The molecule has 8 heteroatoms. The molecule has 1 unspecified atom stereocenters. The molecule has 122 valence electrons. The van der Waals surface area contributed by atoms with Gasteiger partial charge in [-0.3, -0.25) is 4.79 Å². The standard InChI is InChI=1S/C14H20N2O5S/c1-20-11-3-4-12(13(7-11)21-2)15-8-14(17)16-10-5-6-22(18,19)9-10/h3-4,7,10,15H,5-6,8-9H2,1-2H3,(H,16,17). The summed E-state index contributed by atoms with van der Waals surface area (Å²) in [6.45, 7) is 0.0409. The predicted octanol–water partition coefficient (Wildman–Crippen LogP) is 0.419. The van der Waals surface area contributed by atoms with E-state index < -0.39 is 9.84 Å². The average Bonchev–Trinajstić information content (AvgIpc) is 2.83. The second-order valence-corrected chi connectivity index (χ2v) is 7.32. The van der Waals surface area contributed by atoms with Gasteiger partial charge in [-0.1, -0.05) is 0 Å². The number of sulfone groups is 1. The second-order valence-electron chi connectivity index (χ2n) is 5.09. The van der Waals surface area contributed by atoms with E-state index in [-0.39, 0.29) is 30.0 Å². The summed E-state index contributed by atoms with van der Waals surface area (Å²) in [5, 5.41) is 5.69. The molecule has 0 aliphatic carbocycles. The highest BCUT2D eigenvalue weighted by atomic mass is 32.2. The van der Waals surface area contributed by atoms with Crippen LogP contribution in [0.3, 0.4) is 0 Å². The number of nitrogens with one attached hydrogen (secondary N) is 2. The van der Waals surface area contributed by atoms with Crippen molar-refractivity contribution in [3.63, 3.8) is 0 Å². The molecule has 1 heterocycles. The molecule has 2 N–H and O–H groups in total. The Morgan fingerprint density at radius 3 is 2.68 bits per heavy atom. The van der Waals surface area contributed by atoms with Crippen LogP contribution in [0.15, 0.2) is 18.2 Å². The van der Waals surface area contributed by atoms with Crippen molar-refractivity contribution in [3.05, 3.63) is 18.2 Å². The third-order valence-electron chi connectivity index (χ3n) is 3.45. The Morgan fingerprint density at radius 2 is 2.09 bits per heavy atom. The quantitative estimate of drug-likeness (QED) is 0.786. The molecular formula is C14H20N2O5S. The molecule has 1 amide bonds. The number of ether oxygens (including phenoxy) is 2. The fourth-order valence-corrected chi connectivity index (χ4v) is 3.98. The topological polar surface area (TPSA) is 93.7 Å². The lowest BCUT2D eigenvalue weighted by atomic mass is 10.2. The van der Waals surface area contributed by atoms with Gasteiger partial charge in [-0.25, -0.2) is 8.42 Å². The highest BCUT2D eigenvalue weighted by molar-refractivity contribution is 7.91. The van der Waals surface area contributed by atoms with Crippen molar-refractivity contribution in [1.82, 2.24) is 5.32 Å². The van der Waals surface area contributed by atoms with E-state index in [0.29, 0.717) is 23.6 Å². The Bertz CT molecular complexity index is 645. The summed E-state index contributed by atoms with van der Waals surface area (Å²) >= 11 is 0. The maximum Gasteiger partial charge on any atom is 0.239 e. The van der Waals surface area contributed by atoms with Crippen LogP contribution in [0.4, 0.5) is 5.69 Å². The molecule has 0 radical (unpaired) electrons. The zero-order valence-electron chi connectivity index (χ0n) is 12.6. The molecule has 2 rings (SSSR count). The van der Waals surface area contributed by atoms with Crippen LogP contribution in [-0.4, -0.2) is 52.6 Å². The van der Waals surface area contributed by atoms with E-state index in [1.165, 1.54) is 7.11 Å². The SMILES string of the molecule is COc1ccc(NCC(=O)NC2CCS(=O)(=O)C2)c(OC)c1. The number of carbonyl (C=O) groups is 1. The molecule has 22 heavy (non-hydrogen) atoms. The zero-order valence-corrected chi connectivity index (χ0v) is 13.4. The minimum Gasteiger partial charge on any atom is -0.497 e. The van der Waals surface area contributed by atoms with Crippen LogP contribution in [0.1, 0.15) is 6.42 Å². The van der Waals surface area contributed by atoms with Gasteiger partial charge in [0.1, 0.15) is 11.5 Å². The highest BCUT2D eigenvalue weighted by Gasteiger charge is 2.28. The minimum atomic E-state index is -3.00. The van der Waals surface area contributed by atoms with E-state index in [9.17, 15) is 13.2 Å². The van der Waals surface area contributed by atoms with Crippen LogP contribution in [0, 0.1) is 0 Å². The second kappa shape index (κ2) is 6.87. The van der Waals surface area contributed by atoms with E-state index >= 15 is 0 Å². The number of hydrogen-bond donors (Lipinski definition) is 2. The Balaban J connectivity index is 1.89. The molecular weight excluding hydrogens is 308 g/mol. The smallest absolute Gasteiger partial charge is 0.239 e. The molecule has 0 saturated carbocycles. The average molecular weight is 328 g/mol. The van der Waals surface area contributed by atoms with Crippen LogP contribution >= 0.6 is 0 Å². The summed E-state index contributed by atoms with van der Waals surface area (Å²) in [4.78, 5) is 11.9. The van der Waals surface area contributed by atoms with Gasteiger partial charge < -0.3 is 20.1 Å². The Kier molecular flexibility index (Phi) is 5.12. The van der Waals surface area contributed by atoms with Gasteiger partial charge in [-0.2, -0.15) is 0 Å². The summed E-state index contributed by atoms with van der Waals surface area (Å²) in [7, 11) is 0.0961. The molecule has 7 nitrogen and oxygen atoms in total. The lowest BCUT2D eigenvalue weighted by Crippen LogP contribution is -2.39. The molecule has 1 fully saturated rings. The third kappa shape index (κ3) is 4.27. The van der Waals surface area contributed by atoms with Gasteiger partial charge in [0.15, 0.2) is 9.84 Å². The minimum absolute atomic E-state index is 0.0184. The molecule has 0 spiro atoms. The molecule has 0 bridgehead atoms. The predicted molar refractivity (Wildman–Crippen MR) is 83.2 cm³/mol. The van der Waals surface area contributed by atoms with Gasteiger partial charge in [0, 0.05) is 12.1 Å². The van der Waals surface area contributed by atoms with Crippen LogP contribution in [0.25, 0.3) is 0 Å². The first-order valence-corrected chi connectivity index (χ1v) is 8.71. The number of carbonyl (C=O) groups excluding carboxylic acids is 1.